The predicted octanol–water partition coefficient (Wildman–Crippen LogP) is 3.17. The number of hydrogen-bond acceptors (Lipinski definition) is 5. The lowest BCUT2D eigenvalue weighted by Gasteiger charge is -2.37. The van der Waals surface area contributed by atoms with E-state index in [1.807, 2.05) is 31.2 Å². The largest absolute Gasteiger partial charge is 0.484 e. The Kier molecular flexibility index (Phi) is 10.9. The standard InChI is InChI=1S/C22H31N5O2S.HI/c1-3-23-20(28)17-29-19-8-5-7-18(15-19)16-25-22(24-4-2)27-12-10-26(11-13-27)21-9-6-14-30-21;/h5-9,14-15H,3-4,10-13,16-17H2,1-2H3,(H,23,28)(H,24,25);1H. The van der Waals surface area contributed by atoms with Gasteiger partial charge < -0.3 is 25.2 Å². The van der Waals surface area contributed by atoms with E-state index in [1.54, 1.807) is 11.3 Å². The van der Waals surface area contributed by atoms with Gasteiger partial charge >= 0.3 is 0 Å². The third-order valence-corrected chi connectivity index (χ3v) is 5.71. The predicted molar refractivity (Wildman–Crippen MR) is 139 cm³/mol. The quantitative estimate of drug-likeness (QED) is 0.297. The van der Waals surface area contributed by atoms with Crippen LogP contribution in [0, 0.1) is 0 Å². The summed E-state index contributed by atoms with van der Waals surface area (Å²) in [5.41, 5.74) is 1.05. The Hall–Kier alpha value is -2.01. The van der Waals surface area contributed by atoms with E-state index < -0.39 is 0 Å². The summed E-state index contributed by atoms with van der Waals surface area (Å²) in [6.07, 6.45) is 0. The van der Waals surface area contributed by atoms with E-state index in [9.17, 15) is 4.79 Å². The van der Waals surface area contributed by atoms with E-state index in [0.717, 1.165) is 44.2 Å². The highest BCUT2D eigenvalue weighted by Gasteiger charge is 2.20. The fourth-order valence-electron chi connectivity index (χ4n) is 3.31. The number of guanidine groups is 1. The smallest absolute Gasteiger partial charge is 0.257 e. The Labute approximate surface area is 205 Å². The van der Waals surface area contributed by atoms with Gasteiger partial charge in [-0.2, -0.15) is 0 Å². The molecule has 0 bridgehead atoms. The Morgan fingerprint density at radius 3 is 2.55 bits per heavy atom. The number of anilines is 1. The second-order valence-corrected chi connectivity index (χ2v) is 7.91. The van der Waals surface area contributed by atoms with Crippen molar-refractivity contribution in [3.8, 4) is 5.75 Å². The first-order valence-corrected chi connectivity index (χ1v) is 11.4. The minimum absolute atomic E-state index is 0. The van der Waals surface area contributed by atoms with Crippen LogP contribution in [0.15, 0.2) is 46.8 Å². The van der Waals surface area contributed by atoms with Crippen LogP contribution in [-0.4, -0.2) is 62.6 Å². The Bertz CT molecular complexity index is 823. The molecule has 3 rings (SSSR count). The molecule has 1 aliphatic heterocycles. The van der Waals surface area contributed by atoms with Crippen LogP contribution in [0.5, 0.6) is 5.75 Å². The van der Waals surface area contributed by atoms with Crippen molar-refractivity contribution in [1.82, 2.24) is 15.5 Å². The van der Waals surface area contributed by atoms with Gasteiger partial charge in [-0.15, -0.1) is 35.3 Å². The van der Waals surface area contributed by atoms with Crippen molar-refractivity contribution in [1.29, 1.82) is 0 Å². The van der Waals surface area contributed by atoms with Gasteiger partial charge in [-0.1, -0.05) is 12.1 Å². The highest BCUT2D eigenvalue weighted by Crippen LogP contribution is 2.22. The Balaban J connectivity index is 0.00000341. The number of benzene rings is 1. The van der Waals surface area contributed by atoms with Crippen molar-refractivity contribution >= 4 is 52.2 Å². The van der Waals surface area contributed by atoms with Crippen LogP contribution in [0.25, 0.3) is 0 Å². The number of aliphatic imine (C=N–C) groups is 1. The van der Waals surface area contributed by atoms with Crippen molar-refractivity contribution in [2.75, 3.05) is 50.8 Å². The first-order valence-electron chi connectivity index (χ1n) is 10.5. The Morgan fingerprint density at radius 1 is 1.10 bits per heavy atom. The monoisotopic (exact) mass is 557 g/mol. The lowest BCUT2D eigenvalue weighted by atomic mass is 10.2. The first kappa shape index (κ1) is 25.3. The lowest BCUT2D eigenvalue weighted by molar-refractivity contribution is -0.122. The lowest BCUT2D eigenvalue weighted by Crippen LogP contribution is -2.52. The van der Waals surface area contributed by atoms with Gasteiger partial charge in [-0.05, 0) is 49.1 Å². The summed E-state index contributed by atoms with van der Waals surface area (Å²) in [6, 6.07) is 12.1. The summed E-state index contributed by atoms with van der Waals surface area (Å²) in [6.45, 7) is 9.88. The number of nitrogens with zero attached hydrogens (tertiary/aromatic N) is 3. The molecule has 0 spiro atoms. The molecule has 0 saturated carbocycles. The normalized spacial score (nSPS) is 14.1. The molecule has 1 aliphatic rings. The summed E-state index contributed by atoms with van der Waals surface area (Å²) in [7, 11) is 0. The van der Waals surface area contributed by atoms with Crippen LogP contribution in [0.1, 0.15) is 19.4 Å². The van der Waals surface area contributed by atoms with E-state index in [4.69, 9.17) is 9.73 Å². The molecule has 1 fully saturated rings. The molecule has 170 valence electrons. The van der Waals surface area contributed by atoms with Crippen molar-refractivity contribution in [3.05, 3.63) is 47.3 Å². The maximum absolute atomic E-state index is 11.6. The van der Waals surface area contributed by atoms with Crippen molar-refractivity contribution in [2.45, 2.75) is 20.4 Å². The van der Waals surface area contributed by atoms with Crippen molar-refractivity contribution < 1.29 is 9.53 Å². The van der Waals surface area contributed by atoms with Gasteiger partial charge in [-0.3, -0.25) is 4.79 Å². The number of piperazine rings is 1. The van der Waals surface area contributed by atoms with E-state index in [1.165, 1.54) is 5.00 Å². The molecule has 31 heavy (non-hydrogen) atoms. The van der Waals surface area contributed by atoms with Crippen LogP contribution < -0.4 is 20.3 Å². The maximum atomic E-state index is 11.6. The maximum Gasteiger partial charge on any atom is 0.257 e. The van der Waals surface area contributed by atoms with Crippen LogP contribution in [-0.2, 0) is 11.3 Å². The molecular weight excluding hydrogens is 525 g/mol. The minimum Gasteiger partial charge on any atom is -0.484 e. The summed E-state index contributed by atoms with van der Waals surface area (Å²) in [4.78, 5) is 21.2. The van der Waals surface area contributed by atoms with E-state index in [-0.39, 0.29) is 36.5 Å². The van der Waals surface area contributed by atoms with E-state index >= 15 is 0 Å². The number of carbonyl (C=O) groups excluding carboxylic acids is 1. The first-order chi connectivity index (χ1) is 14.7. The molecule has 2 N–H and O–H groups in total. The van der Waals surface area contributed by atoms with E-state index in [2.05, 4.69) is 44.9 Å². The number of rotatable bonds is 8. The van der Waals surface area contributed by atoms with Crippen molar-refractivity contribution in [2.24, 2.45) is 4.99 Å². The second kappa shape index (κ2) is 13.4. The fraction of sp³-hybridized carbons (Fsp3) is 0.455. The number of halogens is 1. The average Bonchev–Trinajstić information content (AvgIpc) is 3.31. The molecule has 9 heteroatoms. The highest BCUT2D eigenvalue weighted by atomic mass is 127. The van der Waals surface area contributed by atoms with Crippen molar-refractivity contribution in [3.63, 3.8) is 0 Å². The number of hydrogen-bond donors (Lipinski definition) is 2. The summed E-state index contributed by atoms with van der Waals surface area (Å²) < 4.78 is 5.59. The van der Waals surface area contributed by atoms with Gasteiger partial charge in [0.25, 0.3) is 5.91 Å². The molecule has 0 aliphatic carbocycles. The zero-order valence-corrected chi connectivity index (χ0v) is 21.3. The summed E-state index contributed by atoms with van der Waals surface area (Å²) in [5.74, 6) is 1.51. The third kappa shape index (κ3) is 7.88. The molecule has 7 nitrogen and oxygen atoms in total. The molecule has 1 aromatic carbocycles. The van der Waals surface area contributed by atoms with Crippen LogP contribution >= 0.6 is 35.3 Å². The number of amides is 1. The number of likely N-dealkylation sites (N-methyl/N-ethyl adjacent to an activating group) is 1. The molecule has 1 amide bonds. The number of thiophene rings is 1. The molecule has 2 aromatic rings. The van der Waals surface area contributed by atoms with Gasteiger partial charge in [-0.25, -0.2) is 4.99 Å². The minimum atomic E-state index is -0.114. The molecular formula is C22H32IN5O2S. The third-order valence-electron chi connectivity index (χ3n) is 4.79. The Morgan fingerprint density at radius 2 is 1.87 bits per heavy atom. The molecule has 0 unspecified atom stereocenters. The SMILES string of the molecule is CCNC(=O)COc1cccc(CN=C(NCC)N2CCN(c3cccs3)CC2)c1.I. The van der Waals surface area contributed by atoms with Crippen LogP contribution in [0.2, 0.25) is 0 Å². The van der Waals surface area contributed by atoms with Gasteiger partial charge in [0, 0.05) is 39.3 Å². The van der Waals surface area contributed by atoms with Gasteiger partial charge in [0.15, 0.2) is 12.6 Å². The molecule has 1 saturated heterocycles. The van der Waals surface area contributed by atoms with Gasteiger partial charge in [0.05, 0.1) is 11.5 Å². The van der Waals surface area contributed by atoms with Gasteiger partial charge in [0.2, 0.25) is 0 Å². The number of ether oxygens (including phenoxy) is 1. The molecule has 2 heterocycles. The van der Waals surface area contributed by atoms with Crippen LogP contribution in [0.4, 0.5) is 5.00 Å². The highest BCUT2D eigenvalue weighted by molar-refractivity contribution is 14.0. The van der Waals surface area contributed by atoms with E-state index in [0.29, 0.717) is 18.8 Å². The number of nitrogens with one attached hydrogen (secondary N) is 2. The zero-order valence-electron chi connectivity index (χ0n) is 18.2. The number of carbonyl (C=O) groups is 1. The molecule has 0 radical (unpaired) electrons. The molecule has 1 aromatic heterocycles. The summed E-state index contributed by atoms with van der Waals surface area (Å²) >= 11 is 1.79. The van der Waals surface area contributed by atoms with Crippen LogP contribution in [0.3, 0.4) is 0 Å². The van der Waals surface area contributed by atoms with Gasteiger partial charge in [0.1, 0.15) is 5.75 Å². The molecule has 0 atom stereocenters. The zero-order chi connectivity index (χ0) is 21.2. The summed E-state index contributed by atoms with van der Waals surface area (Å²) in [5, 5.41) is 9.61. The second-order valence-electron chi connectivity index (χ2n) is 6.99. The fourth-order valence-corrected chi connectivity index (χ4v) is 4.10. The average molecular weight is 558 g/mol. The topological polar surface area (TPSA) is 69.2 Å².